The Hall–Kier alpha value is -2.44. The molecule has 0 spiro atoms. The number of carbonyl (C=O) groups is 2. The number of ether oxygens (including phenoxy) is 3. The Labute approximate surface area is 152 Å². The summed E-state index contributed by atoms with van der Waals surface area (Å²) in [4.78, 5) is 27.5. The average Bonchev–Trinajstić information content (AvgIpc) is 3.24. The molecule has 7 heteroatoms. The third kappa shape index (κ3) is 3.43. The number of hydrogen-bond acceptors (Lipinski definition) is 5. The van der Waals surface area contributed by atoms with Gasteiger partial charge in [0.15, 0.2) is 11.5 Å². The van der Waals surface area contributed by atoms with Crippen LogP contribution in [0.4, 0.5) is 4.79 Å². The molecular formula is C19H24N2O5. The van der Waals surface area contributed by atoms with Gasteiger partial charge in [-0.05, 0) is 36.0 Å². The second kappa shape index (κ2) is 6.70. The highest BCUT2D eigenvalue weighted by Gasteiger charge is 2.36. The molecule has 4 rings (SSSR count). The number of likely N-dealkylation sites (tertiary alicyclic amines) is 1. The lowest BCUT2D eigenvalue weighted by molar-refractivity contribution is -0.137. The molecule has 2 fully saturated rings. The number of piperidine rings is 1. The highest BCUT2D eigenvalue weighted by molar-refractivity contribution is 5.77. The highest BCUT2D eigenvalue weighted by Crippen LogP contribution is 2.37. The molecule has 3 heterocycles. The Kier molecular flexibility index (Phi) is 4.38. The molecule has 2 amide bonds. The first-order chi connectivity index (χ1) is 12.5. The Morgan fingerprint density at radius 1 is 1.08 bits per heavy atom. The van der Waals surface area contributed by atoms with E-state index in [4.69, 9.17) is 14.2 Å². The molecule has 1 aromatic rings. The smallest absolute Gasteiger partial charge is 0.409 e. The average molecular weight is 360 g/mol. The molecule has 0 radical (unpaired) electrons. The predicted molar refractivity (Wildman–Crippen MR) is 93.1 cm³/mol. The second-order valence-electron chi connectivity index (χ2n) is 7.59. The first kappa shape index (κ1) is 17.0. The van der Waals surface area contributed by atoms with Gasteiger partial charge in [-0.2, -0.15) is 0 Å². The molecule has 26 heavy (non-hydrogen) atoms. The van der Waals surface area contributed by atoms with Crippen LogP contribution < -0.4 is 9.47 Å². The van der Waals surface area contributed by atoms with E-state index in [1.807, 2.05) is 17.0 Å². The number of carbonyl (C=O) groups excluding carboxylic acids is 2. The molecule has 1 unspecified atom stereocenters. The molecule has 1 aromatic carbocycles. The molecule has 140 valence electrons. The van der Waals surface area contributed by atoms with E-state index in [9.17, 15) is 9.59 Å². The van der Waals surface area contributed by atoms with Crippen LogP contribution in [0.25, 0.3) is 0 Å². The SMILES string of the molecule is CC1(Cc2ccc3c(c2)OCO3)CCC(=O)N(CCN2CCOC2=O)C1. The van der Waals surface area contributed by atoms with Gasteiger partial charge in [-0.3, -0.25) is 4.79 Å². The van der Waals surface area contributed by atoms with Crippen molar-refractivity contribution in [1.29, 1.82) is 0 Å². The monoisotopic (exact) mass is 360 g/mol. The predicted octanol–water partition coefficient (Wildman–Crippen LogP) is 2.04. The van der Waals surface area contributed by atoms with Crippen molar-refractivity contribution in [2.45, 2.75) is 26.2 Å². The lowest BCUT2D eigenvalue weighted by Gasteiger charge is -2.41. The summed E-state index contributed by atoms with van der Waals surface area (Å²) in [5.41, 5.74) is 1.20. The van der Waals surface area contributed by atoms with E-state index in [0.29, 0.717) is 39.2 Å². The molecule has 3 aliphatic heterocycles. The van der Waals surface area contributed by atoms with Crippen LogP contribution in [0, 0.1) is 5.41 Å². The molecule has 0 aliphatic carbocycles. The number of benzene rings is 1. The van der Waals surface area contributed by atoms with Crippen molar-refractivity contribution in [3.8, 4) is 11.5 Å². The number of fused-ring (bicyclic) bond motifs is 1. The van der Waals surface area contributed by atoms with Crippen LogP contribution in [-0.2, 0) is 16.0 Å². The Balaban J connectivity index is 1.39. The largest absolute Gasteiger partial charge is 0.454 e. The third-order valence-electron chi connectivity index (χ3n) is 5.42. The maximum absolute atomic E-state index is 12.3. The lowest BCUT2D eigenvalue weighted by Crippen LogP contribution is -2.48. The minimum absolute atomic E-state index is 0.00707. The third-order valence-corrected chi connectivity index (χ3v) is 5.42. The van der Waals surface area contributed by atoms with Crippen molar-refractivity contribution in [3.63, 3.8) is 0 Å². The summed E-state index contributed by atoms with van der Waals surface area (Å²) in [5.74, 6) is 1.75. The van der Waals surface area contributed by atoms with Crippen molar-refractivity contribution < 1.29 is 23.8 Å². The number of cyclic esters (lactones) is 1. The lowest BCUT2D eigenvalue weighted by atomic mass is 9.76. The Bertz CT molecular complexity index is 722. The quantitative estimate of drug-likeness (QED) is 0.804. The van der Waals surface area contributed by atoms with Gasteiger partial charge < -0.3 is 24.0 Å². The van der Waals surface area contributed by atoms with E-state index in [0.717, 1.165) is 24.3 Å². The Morgan fingerprint density at radius 3 is 2.69 bits per heavy atom. The zero-order valence-corrected chi connectivity index (χ0v) is 15.0. The van der Waals surface area contributed by atoms with Gasteiger partial charge >= 0.3 is 6.09 Å². The maximum atomic E-state index is 12.3. The van der Waals surface area contributed by atoms with E-state index in [-0.39, 0.29) is 24.2 Å². The number of rotatable bonds is 5. The van der Waals surface area contributed by atoms with Crippen molar-refractivity contribution in [1.82, 2.24) is 9.80 Å². The van der Waals surface area contributed by atoms with Crippen molar-refractivity contribution >= 4 is 12.0 Å². The van der Waals surface area contributed by atoms with Crippen LogP contribution in [-0.4, -0.2) is 61.4 Å². The first-order valence-corrected chi connectivity index (χ1v) is 9.10. The summed E-state index contributed by atoms with van der Waals surface area (Å²) in [5, 5.41) is 0. The summed E-state index contributed by atoms with van der Waals surface area (Å²) >= 11 is 0. The molecule has 3 aliphatic rings. The summed E-state index contributed by atoms with van der Waals surface area (Å²) in [7, 11) is 0. The van der Waals surface area contributed by atoms with E-state index in [1.54, 1.807) is 4.90 Å². The van der Waals surface area contributed by atoms with Gasteiger partial charge in [0.05, 0.1) is 6.54 Å². The number of nitrogens with zero attached hydrogens (tertiary/aromatic N) is 2. The van der Waals surface area contributed by atoms with Crippen LogP contribution in [0.2, 0.25) is 0 Å². The molecule has 0 aromatic heterocycles. The molecular weight excluding hydrogens is 336 g/mol. The van der Waals surface area contributed by atoms with E-state index >= 15 is 0 Å². The van der Waals surface area contributed by atoms with Crippen LogP contribution in [0.5, 0.6) is 11.5 Å². The van der Waals surface area contributed by atoms with Crippen molar-refractivity contribution in [2.75, 3.05) is 39.6 Å². The zero-order valence-electron chi connectivity index (χ0n) is 15.0. The summed E-state index contributed by atoms with van der Waals surface area (Å²) in [6.07, 6.45) is 2.00. The molecule has 7 nitrogen and oxygen atoms in total. The number of amides is 2. The van der Waals surface area contributed by atoms with E-state index in [1.165, 1.54) is 5.56 Å². The minimum atomic E-state index is -0.280. The van der Waals surface area contributed by atoms with Gasteiger partial charge in [-0.25, -0.2) is 4.79 Å². The molecule has 1 atom stereocenters. The normalized spacial score (nSPS) is 25.0. The minimum Gasteiger partial charge on any atom is -0.454 e. The Morgan fingerprint density at radius 2 is 1.88 bits per heavy atom. The van der Waals surface area contributed by atoms with Gasteiger partial charge in [-0.15, -0.1) is 0 Å². The maximum Gasteiger partial charge on any atom is 0.409 e. The fourth-order valence-electron chi connectivity index (χ4n) is 3.96. The van der Waals surface area contributed by atoms with Gasteiger partial charge in [0.2, 0.25) is 12.7 Å². The summed E-state index contributed by atoms with van der Waals surface area (Å²) in [6, 6.07) is 6.06. The summed E-state index contributed by atoms with van der Waals surface area (Å²) in [6.45, 7) is 5.33. The standard InChI is InChI=1S/C19H24N2O5/c1-19(11-14-2-3-15-16(10-14)26-13-25-15)5-4-17(22)21(12-19)7-6-20-8-9-24-18(20)23/h2-3,10H,4-9,11-13H2,1H3. The fraction of sp³-hybridized carbons (Fsp3) is 0.579. The first-order valence-electron chi connectivity index (χ1n) is 9.10. The van der Waals surface area contributed by atoms with Crippen LogP contribution in [0.1, 0.15) is 25.3 Å². The zero-order chi connectivity index (χ0) is 18.1. The topological polar surface area (TPSA) is 68.3 Å². The molecule has 0 saturated carbocycles. The molecule has 2 saturated heterocycles. The van der Waals surface area contributed by atoms with Crippen molar-refractivity contribution in [2.24, 2.45) is 5.41 Å². The van der Waals surface area contributed by atoms with Gasteiger partial charge in [0, 0.05) is 26.1 Å². The van der Waals surface area contributed by atoms with Gasteiger partial charge in [0.25, 0.3) is 0 Å². The fourth-order valence-corrected chi connectivity index (χ4v) is 3.96. The number of hydrogen-bond donors (Lipinski definition) is 0. The van der Waals surface area contributed by atoms with Gasteiger partial charge in [0.1, 0.15) is 6.61 Å². The van der Waals surface area contributed by atoms with Crippen molar-refractivity contribution in [3.05, 3.63) is 23.8 Å². The highest BCUT2D eigenvalue weighted by atomic mass is 16.7. The van der Waals surface area contributed by atoms with E-state index in [2.05, 4.69) is 13.0 Å². The van der Waals surface area contributed by atoms with Crippen LogP contribution in [0.3, 0.4) is 0 Å². The van der Waals surface area contributed by atoms with Crippen LogP contribution >= 0.6 is 0 Å². The molecule has 0 N–H and O–H groups in total. The second-order valence-corrected chi connectivity index (χ2v) is 7.59. The van der Waals surface area contributed by atoms with Crippen LogP contribution in [0.15, 0.2) is 18.2 Å². The van der Waals surface area contributed by atoms with Gasteiger partial charge in [-0.1, -0.05) is 13.0 Å². The molecule has 0 bridgehead atoms. The van der Waals surface area contributed by atoms with E-state index < -0.39 is 0 Å². The summed E-state index contributed by atoms with van der Waals surface area (Å²) < 4.78 is 15.8.